The van der Waals surface area contributed by atoms with E-state index in [1.54, 1.807) is 75.4 Å². The Balaban J connectivity index is 0.000000261. The largest absolute Gasteiger partial charge is 0.466 e. The molecule has 5 N–H and O–H groups in total. The molecule has 9 rings (SSSR count). The first-order chi connectivity index (χ1) is 36.5. The Morgan fingerprint density at radius 1 is 0.637 bits per heavy atom. The highest BCUT2D eigenvalue weighted by Gasteiger charge is 2.39. The minimum atomic E-state index is -4.63. The van der Waals surface area contributed by atoms with Crippen LogP contribution in [0.1, 0.15) is 73.9 Å². The van der Waals surface area contributed by atoms with Gasteiger partial charge in [-0.05, 0) is 96.1 Å². The number of rotatable bonds is 5. The van der Waals surface area contributed by atoms with E-state index in [4.69, 9.17) is 40.5 Å². The van der Waals surface area contributed by atoms with Crippen molar-refractivity contribution in [2.45, 2.75) is 80.1 Å². The van der Waals surface area contributed by atoms with Crippen LogP contribution in [0.3, 0.4) is 0 Å². The molecule has 0 atom stereocenters. The molecular formula is C44H42Cl3F12N17O4. The van der Waals surface area contributed by atoms with Gasteiger partial charge in [0.25, 0.3) is 40.4 Å². The number of H-pyrrole nitrogens is 2. The van der Waals surface area contributed by atoms with Gasteiger partial charge in [0, 0.05) is 50.6 Å². The third-order valence-electron chi connectivity index (χ3n) is 8.61. The molecule has 80 heavy (non-hydrogen) atoms. The monoisotopic (exact) mass is 1210 g/mol. The van der Waals surface area contributed by atoms with E-state index in [1.165, 1.54) is 26.8 Å². The van der Waals surface area contributed by atoms with Gasteiger partial charge in [-0.1, -0.05) is 42.2 Å². The van der Waals surface area contributed by atoms with Crippen molar-refractivity contribution in [3.8, 4) is 0 Å². The number of aromatic amines is 2. The number of nitrogens with two attached hydrogens (primary N) is 1. The molecule has 7 heterocycles. The number of esters is 1. The van der Waals surface area contributed by atoms with Crippen LogP contribution in [0.2, 0.25) is 15.2 Å². The van der Waals surface area contributed by atoms with Crippen LogP contribution in [0, 0.1) is 27.7 Å². The van der Waals surface area contributed by atoms with E-state index < -0.39 is 59.5 Å². The van der Waals surface area contributed by atoms with Crippen molar-refractivity contribution in [1.29, 1.82) is 0 Å². The molecule has 0 aliphatic rings. The van der Waals surface area contributed by atoms with Crippen molar-refractivity contribution in [3.63, 3.8) is 0 Å². The Morgan fingerprint density at radius 2 is 1.11 bits per heavy atom. The number of aromatic nitrogens is 15. The van der Waals surface area contributed by atoms with Gasteiger partial charge in [0.05, 0.1) is 6.61 Å². The van der Waals surface area contributed by atoms with Crippen LogP contribution in [0.5, 0.6) is 0 Å². The lowest BCUT2D eigenvalue weighted by molar-refractivity contribution is -0.146. The number of aryl methyl sites for hydroxylation is 4. The van der Waals surface area contributed by atoms with Crippen LogP contribution in [0.15, 0.2) is 71.5 Å². The van der Waals surface area contributed by atoms with Crippen LogP contribution in [-0.2, 0) is 39.0 Å². The van der Waals surface area contributed by atoms with Gasteiger partial charge in [0.2, 0.25) is 5.82 Å². The Hall–Kier alpha value is -8.20. The predicted octanol–water partition coefficient (Wildman–Crippen LogP) is 10.9. The first kappa shape index (κ1) is 66.1. The number of hydrogen-bond acceptors (Lipinski definition) is 16. The number of halogens is 15. The maximum absolute atomic E-state index is 12.7. The van der Waals surface area contributed by atoms with Crippen LogP contribution < -0.4 is 16.6 Å². The fraction of sp³-hybridized carbons (Fsp3) is 0.295. The Morgan fingerprint density at radius 3 is 1.56 bits per heavy atom. The van der Waals surface area contributed by atoms with Crippen LogP contribution in [0.4, 0.5) is 69.9 Å². The summed E-state index contributed by atoms with van der Waals surface area (Å²) in [5.74, 6) is -5.52. The minimum absolute atomic E-state index is 0. The molecule has 0 saturated carbocycles. The topological polar surface area (TPSA) is 272 Å². The lowest BCUT2D eigenvalue weighted by Crippen LogP contribution is -2.15. The van der Waals surface area contributed by atoms with Gasteiger partial charge in [0.15, 0.2) is 0 Å². The fourth-order valence-electron chi connectivity index (χ4n) is 5.41. The van der Waals surface area contributed by atoms with Gasteiger partial charge < -0.3 is 15.8 Å². The second kappa shape index (κ2) is 27.6. The van der Waals surface area contributed by atoms with Crippen molar-refractivity contribution >= 4 is 81.1 Å². The van der Waals surface area contributed by atoms with Crippen molar-refractivity contribution in [3.05, 3.63) is 138 Å². The van der Waals surface area contributed by atoms with Gasteiger partial charge in [-0.3, -0.25) is 24.6 Å². The SMILES string of the molecule is C.CCOC(=O)CC(C)=O.Cc1cc(=O)n2[nH]c(C(F)(F)F)nc2n1.Cc1cc(Cl)n2nc(C(F)(F)F)nc2n1.Cc1cc(Nc2ccc(Cl)cc2)n2nc(C(F)(F)F)nc2n1.Cc1nc(C(F)(F)F)n[nH]1.Nc1ccc(Cl)cc1. The summed E-state index contributed by atoms with van der Waals surface area (Å²) < 4.78 is 154. The first-order valence-electron chi connectivity index (χ1n) is 21.5. The van der Waals surface area contributed by atoms with E-state index in [0.717, 1.165) is 25.8 Å². The molecule has 0 radical (unpaired) electrons. The Kier molecular flexibility index (Phi) is 22.8. The molecule has 0 amide bonds. The van der Waals surface area contributed by atoms with Crippen molar-refractivity contribution in [2.75, 3.05) is 17.7 Å². The summed E-state index contributed by atoms with van der Waals surface area (Å²) >= 11 is 17.0. The number of Topliss-reactive ketones (excluding diaryl/α,β-unsaturated/α-hetero) is 1. The predicted molar refractivity (Wildman–Crippen MR) is 265 cm³/mol. The first-order valence-corrected chi connectivity index (χ1v) is 22.6. The van der Waals surface area contributed by atoms with E-state index in [9.17, 15) is 67.1 Å². The summed E-state index contributed by atoms with van der Waals surface area (Å²) in [4.78, 5) is 56.2. The summed E-state index contributed by atoms with van der Waals surface area (Å²) in [6.07, 6.45) is -18.4. The number of carbonyl (C=O) groups excluding carboxylic acids is 2. The molecular weight excluding hydrogens is 1160 g/mol. The summed E-state index contributed by atoms with van der Waals surface area (Å²) in [6, 6.07) is 17.9. The average Bonchev–Trinajstić information content (AvgIpc) is 4.15. The smallest absolute Gasteiger partial charge is 0.453 e. The van der Waals surface area contributed by atoms with Crippen LogP contribution in [-0.4, -0.2) is 92.3 Å². The third kappa shape index (κ3) is 20.2. The maximum Gasteiger partial charge on any atom is 0.453 e. The average molecular weight is 1210 g/mol. The highest BCUT2D eigenvalue weighted by molar-refractivity contribution is 6.31. The van der Waals surface area contributed by atoms with E-state index >= 15 is 0 Å². The molecule has 0 fully saturated rings. The number of benzene rings is 2. The Bertz CT molecular complexity index is 3540. The van der Waals surface area contributed by atoms with Crippen molar-refractivity contribution in [1.82, 2.24) is 73.9 Å². The van der Waals surface area contributed by atoms with Gasteiger partial charge >= 0.3 is 30.7 Å². The molecule has 0 aliphatic carbocycles. The molecule has 0 aliphatic heterocycles. The van der Waals surface area contributed by atoms with E-state index in [-0.39, 0.29) is 47.9 Å². The molecule has 9 aromatic rings. The van der Waals surface area contributed by atoms with Gasteiger partial charge in [0.1, 0.15) is 29.0 Å². The third-order valence-corrected chi connectivity index (χ3v) is 9.38. The number of fused-ring (bicyclic) bond motifs is 3. The zero-order valence-electron chi connectivity index (χ0n) is 41.0. The number of anilines is 3. The highest BCUT2D eigenvalue weighted by atomic mass is 35.5. The van der Waals surface area contributed by atoms with Gasteiger partial charge in [-0.25, -0.2) is 19.9 Å². The molecule has 2 aromatic carbocycles. The number of hydrogen-bond donors (Lipinski definition) is 4. The van der Waals surface area contributed by atoms with E-state index in [1.807, 2.05) is 5.10 Å². The standard InChI is InChI=1S/C13H9ClF3N5.C7H4ClF3N4.C7H5F3N4O.C6H6ClN.C6H10O3.C4H4F3N3.CH4/c1-7-6-10(19-9-4-2-8(14)3-5-9)22-12(18-7)20-11(21-22)13(15,16)17;1-3-2-4(8)15-6(12-3)13-5(14-15)7(9,10)11;1-3-2-4(15)14-6(11-3)12-5(13-14)7(8,9)10;7-5-1-3-6(8)4-2-5;1-3-9-6(8)4-5(2)7;1-2-8-3(10-9-2)4(5,6)7;/h2-6,19H,1H3;2H,1H3;2H,1H3,(H,11,12,13);1-4H,8H2;3-4H2,1-2H3;1H3,(H,8,9,10);1H4. The number of nitrogen functional groups attached to an aromatic ring is 1. The number of nitrogens with zero attached hydrogens (tertiary/aromatic N) is 13. The number of nitrogens with one attached hydrogen (secondary N) is 3. The lowest BCUT2D eigenvalue weighted by Gasteiger charge is -2.08. The molecule has 0 spiro atoms. The second-order valence-electron chi connectivity index (χ2n) is 15.3. The fourth-order valence-corrected chi connectivity index (χ4v) is 5.93. The highest BCUT2D eigenvalue weighted by Crippen LogP contribution is 2.30. The molecule has 36 heteroatoms. The lowest BCUT2D eigenvalue weighted by atomic mass is 10.3. The molecule has 0 unspecified atom stereocenters. The van der Waals surface area contributed by atoms with Crippen LogP contribution in [0.25, 0.3) is 17.3 Å². The van der Waals surface area contributed by atoms with Gasteiger partial charge in [-0.15, -0.1) is 15.3 Å². The molecule has 21 nitrogen and oxygen atoms in total. The maximum atomic E-state index is 12.7. The number of ether oxygens (including phenoxy) is 1. The van der Waals surface area contributed by atoms with Crippen molar-refractivity contribution < 1.29 is 67.0 Å². The number of alkyl halides is 12. The number of carbonyl (C=O) groups is 2. The molecule has 7 aromatic heterocycles. The summed E-state index contributed by atoms with van der Waals surface area (Å²) in [5, 5.41) is 17.8. The van der Waals surface area contributed by atoms with E-state index in [2.05, 4.69) is 65.3 Å². The summed E-state index contributed by atoms with van der Waals surface area (Å²) in [7, 11) is 0. The molecule has 432 valence electrons. The van der Waals surface area contributed by atoms with Gasteiger partial charge in [-0.2, -0.15) is 81.2 Å². The minimum Gasteiger partial charge on any atom is -0.466 e. The zero-order valence-corrected chi connectivity index (χ0v) is 43.2. The van der Waals surface area contributed by atoms with Crippen LogP contribution >= 0.6 is 34.8 Å². The molecule has 0 saturated heterocycles. The van der Waals surface area contributed by atoms with E-state index in [0.29, 0.717) is 44.7 Å². The van der Waals surface area contributed by atoms with Crippen molar-refractivity contribution in [2.24, 2.45) is 0 Å². The normalized spacial score (nSPS) is 11.3. The quantitative estimate of drug-likeness (QED) is 0.0410. The number of ketones is 1. The zero-order chi connectivity index (χ0) is 59.4. The Labute approximate surface area is 456 Å². The summed E-state index contributed by atoms with van der Waals surface area (Å²) in [6.45, 7) is 9.58. The molecule has 0 bridgehead atoms. The second-order valence-corrected chi connectivity index (χ2v) is 16.6. The summed E-state index contributed by atoms with van der Waals surface area (Å²) in [5.41, 5.74) is 7.46.